The number of hydrogen-bond donors (Lipinski definition) is 2. The van der Waals surface area contributed by atoms with Crippen molar-refractivity contribution in [2.75, 3.05) is 12.4 Å². The van der Waals surface area contributed by atoms with E-state index in [-0.39, 0.29) is 5.97 Å². The van der Waals surface area contributed by atoms with Crippen LogP contribution in [0.3, 0.4) is 0 Å². The standard InChI is InChI=1S/C8H17NO2S/c1-6(2)3-4-11-8(10)7(9)5-12/h6-7,12H,3-5,9H2,1-2H3/t7-/m1/s1. The molecule has 72 valence electrons. The highest BCUT2D eigenvalue weighted by atomic mass is 32.1. The fraction of sp³-hybridized carbons (Fsp3) is 0.875. The molecule has 0 rings (SSSR count). The summed E-state index contributed by atoms with van der Waals surface area (Å²) < 4.78 is 4.89. The highest BCUT2D eigenvalue weighted by Gasteiger charge is 2.12. The van der Waals surface area contributed by atoms with Crippen molar-refractivity contribution < 1.29 is 9.53 Å². The van der Waals surface area contributed by atoms with Gasteiger partial charge in [-0.05, 0) is 12.3 Å². The van der Waals surface area contributed by atoms with Crippen LogP contribution >= 0.6 is 12.6 Å². The fourth-order valence-corrected chi connectivity index (χ4v) is 0.726. The largest absolute Gasteiger partial charge is 0.465 e. The number of ether oxygens (including phenoxy) is 1. The van der Waals surface area contributed by atoms with Gasteiger partial charge in [-0.3, -0.25) is 4.79 Å². The molecule has 1 atom stereocenters. The lowest BCUT2D eigenvalue weighted by atomic mass is 10.1. The number of carbonyl (C=O) groups excluding carboxylic acids is 1. The van der Waals surface area contributed by atoms with Gasteiger partial charge in [0.25, 0.3) is 0 Å². The zero-order valence-electron chi connectivity index (χ0n) is 7.62. The molecule has 0 saturated carbocycles. The summed E-state index contributed by atoms with van der Waals surface area (Å²) in [5, 5.41) is 0. The normalized spacial score (nSPS) is 13.1. The lowest BCUT2D eigenvalue weighted by Crippen LogP contribution is -2.34. The minimum Gasteiger partial charge on any atom is -0.465 e. The summed E-state index contributed by atoms with van der Waals surface area (Å²) in [6.45, 7) is 4.61. The van der Waals surface area contributed by atoms with Crippen LogP contribution in [0, 0.1) is 5.92 Å². The average molecular weight is 191 g/mol. The van der Waals surface area contributed by atoms with Gasteiger partial charge in [0, 0.05) is 5.75 Å². The molecule has 0 saturated heterocycles. The molecule has 0 aromatic heterocycles. The number of nitrogens with two attached hydrogens (primary N) is 1. The SMILES string of the molecule is CC(C)CCOC(=O)[C@H](N)CS. The van der Waals surface area contributed by atoms with E-state index in [1.165, 1.54) is 0 Å². The molecule has 3 nitrogen and oxygen atoms in total. The van der Waals surface area contributed by atoms with Crippen LogP contribution in [0.15, 0.2) is 0 Å². The van der Waals surface area contributed by atoms with Crippen LogP contribution in [0.1, 0.15) is 20.3 Å². The Hall–Kier alpha value is -0.220. The quantitative estimate of drug-likeness (QED) is 0.500. The predicted molar refractivity (Wildman–Crippen MR) is 52.2 cm³/mol. The summed E-state index contributed by atoms with van der Waals surface area (Å²) in [6, 6.07) is -0.583. The van der Waals surface area contributed by atoms with Gasteiger partial charge in [0.2, 0.25) is 0 Å². The molecule has 0 fully saturated rings. The summed E-state index contributed by atoms with van der Waals surface area (Å²) in [5.41, 5.74) is 5.38. The van der Waals surface area contributed by atoms with E-state index in [0.717, 1.165) is 6.42 Å². The van der Waals surface area contributed by atoms with Crippen LogP contribution in [0.25, 0.3) is 0 Å². The molecular weight excluding hydrogens is 174 g/mol. The van der Waals surface area contributed by atoms with Gasteiger partial charge in [-0.2, -0.15) is 12.6 Å². The van der Waals surface area contributed by atoms with Crippen molar-refractivity contribution in [2.24, 2.45) is 11.7 Å². The van der Waals surface area contributed by atoms with E-state index in [2.05, 4.69) is 26.5 Å². The molecule has 0 aliphatic rings. The molecule has 0 aliphatic heterocycles. The maximum Gasteiger partial charge on any atom is 0.323 e. The molecule has 0 aliphatic carbocycles. The molecule has 0 aromatic carbocycles. The molecule has 12 heavy (non-hydrogen) atoms. The van der Waals surface area contributed by atoms with Crippen LogP contribution in [0.5, 0.6) is 0 Å². The van der Waals surface area contributed by atoms with Crippen molar-refractivity contribution in [2.45, 2.75) is 26.3 Å². The summed E-state index contributed by atoms with van der Waals surface area (Å²) in [7, 11) is 0. The smallest absolute Gasteiger partial charge is 0.323 e. The predicted octanol–water partition coefficient (Wildman–Crippen LogP) is 0.833. The molecule has 0 radical (unpaired) electrons. The molecule has 0 heterocycles. The first kappa shape index (κ1) is 11.8. The van der Waals surface area contributed by atoms with E-state index in [1.807, 2.05) is 0 Å². The first-order valence-corrected chi connectivity index (χ1v) is 4.74. The second kappa shape index (κ2) is 6.31. The fourth-order valence-electron chi connectivity index (χ4n) is 0.577. The van der Waals surface area contributed by atoms with Gasteiger partial charge >= 0.3 is 5.97 Å². The Bertz CT molecular complexity index is 139. The summed E-state index contributed by atoms with van der Waals surface area (Å²) in [6.07, 6.45) is 0.880. The average Bonchev–Trinajstić information content (AvgIpc) is 2.02. The van der Waals surface area contributed by atoms with E-state index in [0.29, 0.717) is 18.3 Å². The Morgan fingerprint density at radius 3 is 2.58 bits per heavy atom. The van der Waals surface area contributed by atoms with Crippen LogP contribution in [-0.2, 0) is 9.53 Å². The van der Waals surface area contributed by atoms with Gasteiger partial charge in [-0.1, -0.05) is 13.8 Å². The van der Waals surface area contributed by atoms with E-state index < -0.39 is 6.04 Å². The Morgan fingerprint density at radius 1 is 1.58 bits per heavy atom. The maximum atomic E-state index is 11.0. The third-order valence-corrected chi connectivity index (χ3v) is 1.83. The third kappa shape index (κ3) is 5.43. The molecule has 0 amide bonds. The second-order valence-electron chi connectivity index (χ2n) is 3.14. The summed E-state index contributed by atoms with van der Waals surface area (Å²) in [4.78, 5) is 11.0. The molecule has 0 aromatic rings. The van der Waals surface area contributed by atoms with E-state index >= 15 is 0 Å². The number of esters is 1. The van der Waals surface area contributed by atoms with E-state index in [9.17, 15) is 4.79 Å². The van der Waals surface area contributed by atoms with Gasteiger partial charge in [0.1, 0.15) is 6.04 Å². The Morgan fingerprint density at radius 2 is 2.17 bits per heavy atom. The Kier molecular flexibility index (Phi) is 6.20. The molecule has 0 bridgehead atoms. The van der Waals surface area contributed by atoms with Crippen molar-refractivity contribution in [1.29, 1.82) is 0 Å². The molecule has 0 unspecified atom stereocenters. The van der Waals surface area contributed by atoms with Crippen molar-refractivity contribution in [3.8, 4) is 0 Å². The van der Waals surface area contributed by atoms with Crippen molar-refractivity contribution >= 4 is 18.6 Å². The zero-order valence-corrected chi connectivity index (χ0v) is 8.51. The van der Waals surface area contributed by atoms with Crippen LogP contribution in [0.4, 0.5) is 0 Å². The maximum absolute atomic E-state index is 11.0. The van der Waals surface area contributed by atoms with E-state index in [1.54, 1.807) is 0 Å². The summed E-state index contributed by atoms with van der Waals surface area (Å²) >= 11 is 3.89. The molecule has 2 N–H and O–H groups in total. The van der Waals surface area contributed by atoms with Gasteiger partial charge in [-0.15, -0.1) is 0 Å². The van der Waals surface area contributed by atoms with Gasteiger partial charge < -0.3 is 10.5 Å². The lowest BCUT2D eigenvalue weighted by Gasteiger charge is -2.09. The van der Waals surface area contributed by atoms with Crippen molar-refractivity contribution in [3.05, 3.63) is 0 Å². The zero-order chi connectivity index (χ0) is 9.56. The monoisotopic (exact) mass is 191 g/mol. The Balaban J connectivity index is 3.44. The minimum absolute atomic E-state index is 0.334. The van der Waals surface area contributed by atoms with Gasteiger partial charge in [-0.25, -0.2) is 0 Å². The summed E-state index contributed by atoms with van der Waals surface area (Å²) in [5.74, 6) is 0.524. The van der Waals surface area contributed by atoms with Crippen LogP contribution in [0.2, 0.25) is 0 Å². The van der Waals surface area contributed by atoms with Gasteiger partial charge in [0.15, 0.2) is 0 Å². The molecular formula is C8H17NO2S. The minimum atomic E-state index is -0.583. The third-order valence-electron chi connectivity index (χ3n) is 1.44. The topological polar surface area (TPSA) is 52.3 Å². The first-order valence-electron chi connectivity index (χ1n) is 4.11. The lowest BCUT2D eigenvalue weighted by molar-refractivity contribution is -0.144. The van der Waals surface area contributed by atoms with Gasteiger partial charge in [0.05, 0.1) is 6.61 Å². The number of carbonyl (C=O) groups is 1. The van der Waals surface area contributed by atoms with Crippen molar-refractivity contribution in [1.82, 2.24) is 0 Å². The number of hydrogen-bond acceptors (Lipinski definition) is 4. The first-order chi connectivity index (χ1) is 5.57. The highest BCUT2D eigenvalue weighted by molar-refractivity contribution is 7.80. The second-order valence-corrected chi connectivity index (χ2v) is 3.50. The highest BCUT2D eigenvalue weighted by Crippen LogP contribution is 1.99. The number of thiol groups is 1. The van der Waals surface area contributed by atoms with Crippen LogP contribution < -0.4 is 5.73 Å². The van der Waals surface area contributed by atoms with Crippen LogP contribution in [-0.4, -0.2) is 24.4 Å². The van der Waals surface area contributed by atoms with Crippen molar-refractivity contribution in [3.63, 3.8) is 0 Å². The molecule has 4 heteroatoms. The Labute approximate surface area is 79.1 Å². The number of rotatable bonds is 5. The van der Waals surface area contributed by atoms with E-state index in [4.69, 9.17) is 10.5 Å². The molecule has 0 spiro atoms.